The van der Waals surface area contributed by atoms with Gasteiger partial charge in [0, 0.05) is 28.5 Å². The van der Waals surface area contributed by atoms with Crippen molar-refractivity contribution in [3.8, 4) is 0 Å². The fourth-order valence-corrected chi connectivity index (χ4v) is 1.66. The van der Waals surface area contributed by atoms with Crippen LogP contribution in [0.2, 0.25) is 0 Å². The number of aromatic nitrogens is 1. The van der Waals surface area contributed by atoms with Gasteiger partial charge in [-0.15, -0.1) is 11.6 Å². The zero-order valence-corrected chi connectivity index (χ0v) is 11.3. The van der Waals surface area contributed by atoms with Gasteiger partial charge in [-0.25, -0.2) is 0 Å². The molecule has 0 fully saturated rings. The standard InChI is InChI=1S/C10H12BrClN2O2/c1-6(2)8(12)4-9-10(14(15)16)3-7(11)5-13-9/h3,5-6,8H,4H2,1-2H3. The highest BCUT2D eigenvalue weighted by Gasteiger charge is 2.20. The summed E-state index contributed by atoms with van der Waals surface area (Å²) in [6, 6.07) is 1.45. The predicted molar refractivity (Wildman–Crippen MR) is 66.8 cm³/mol. The lowest BCUT2D eigenvalue weighted by Gasteiger charge is -2.12. The highest BCUT2D eigenvalue weighted by Crippen LogP contribution is 2.25. The van der Waals surface area contributed by atoms with E-state index in [2.05, 4.69) is 20.9 Å². The van der Waals surface area contributed by atoms with Gasteiger partial charge in [-0.2, -0.15) is 0 Å². The van der Waals surface area contributed by atoms with Crippen molar-refractivity contribution < 1.29 is 4.92 Å². The van der Waals surface area contributed by atoms with Gasteiger partial charge in [-0.3, -0.25) is 15.1 Å². The van der Waals surface area contributed by atoms with E-state index in [0.717, 1.165) is 0 Å². The molecular formula is C10H12BrClN2O2. The van der Waals surface area contributed by atoms with Gasteiger partial charge in [0.05, 0.1) is 4.92 Å². The number of rotatable bonds is 4. The summed E-state index contributed by atoms with van der Waals surface area (Å²) in [6.45, 7) is 3.95. The van der Waals surface area contributed by atoms with Gasteiger partial charge < -0.3 is 0 Å². The molecule has 0 aliphatic heterocycles. The minimum Gasteiger partial charge on any atom is -0.258 e. The Morgan fingerprint density at radius 1 is 1.62 bits per heavy atom. The van der Waals surface area contributed by atoms with Crippen LogP contribution in [0.25, 0.3) is 0 Å². The van der Waals surface area contributed by atoms with Gasteiger partial charge in [0.2, 0.25) is 0 Å². The van der Waals surface area contributed by atoms with Crippen LogP contribution in [0.4, 0.5) is 5.69 Å². The molecule has 0 saturated heterocycles. The fourth-order valence-electron chi connectivity index (χ4n) is 1.19. The summed E-state index contributed by atoms with van der Waals surface area (Å²) in [5, 5.41) is 10.7. The number of hydrogen-bond acceptors (Lipinski definition) is 3. The molecule has 1 aromatic heterocycles. The molecule has 6 heteroatoms. The zero-order chi connectivity index (χ0) is 12.3. The zero-order valence-electron chi connectivity index (χ0n) is 8.98. The van der Waals surface area contributed by atoms with Crippen LogP contribution in [-0.4, -0.2) is 15.3 Å². The van der Waals surface area contributed by atoms with E-state index in [1.54, 1.807) is 6.20 Å². The molecular weight excluding hydrogens is 295 g/mol. The van der Waals surface area contributed by atoms with Crippen molar-refractivity contribution in [2.75, 3.05) is 0 Å². The summed E-state index contributed by atoms with van der Waals surface area (Å²) in [5.41, 5.74) is 0.447. The van der Waals surface area contributed by atoms with Gasteiger partial charge in [0.15, 0.2) is 0 Å². The van der Waals surface area contributed by atoms with E-state index >= 15 is 0 Å². The number of hydrogen-bond donors (Lipinski definition) is 0. The third-order valence-electron chi connectivity index (χ3n) is 2.22. The second-order valence-corrected chi connectivity index (χ2v) is 5.32. The average molecular weight is 308 g/mol. The van der Waals surface area contributed by atoms with Gasteiger partial charge in [0.25, 0.3) is 5.69 Å². The van der Waals surface area contributed by atoms with Crippen LogP contribution in [0, 0.1) is 16.0 Å². The Labute approximate surface area is 107 Å². The van der Waals surface area contributed by atoms with E-state index in [1.807, 2.05) is 13.8 Å². The number of nitro groups is 1. The van der Waals surface area contributed by atoms with Crippen LogP contribution in [-0.2, 0) is 6.42 Å². The van der Waals surface area contributed by atoms with E-state index in [4.69, 9.17) is 11.6 Å². The van der Waals surface area contributed by atoms with Crippen LogP contribution in [0.1, 0.15) is 19.5 Å². The quantitative estimate of drug-likeness (QED) is 0.485. The molecule has 0 saturated carbocycles. The summed E-state index contributed by atoms with van der Waals surface area (Å²) in [4.78, 5) is 14.4. The number of nitrogens with zero attached hydrogens (tertiary/aromatic N) is 2. The number of halogens is 2. The normalized spacial score (nSPS) is 12.8. The topological polar surface area (TPSA) is 56.0 Å². The third-order valence-corrected chi connectivity index (χ3v) is 3.31. The summed E-state index contributed by atoms with van der Waals surface area (Å²) < 4.78 is 0.596. The Kier molecular flexibility index (Phi) is 4.68. The van der Waals surface area contributed by atoms with E-state index < -0.39 is 4.92 Å². The van der Waals surface area contributed by atoms with E-state index in [9.17, 15) is 10.1 Å². The lowest BCUT2D eigenvalue weighted by Crippen LogP contribution is -2.13. The molecule has 0 aliphatic carbocycles. The van der Waals surface area contributed by atoms with Crippen molar-refractivity contribution in [1.82, 2.24) is 4.98 Å². The second-order valence-electron chi connectivity index (χ2n) is 3.84. The third kappa shape index (κ3) is 3.42. The summed E-state index contributed by atoms with van der Waals surface area (Å²) in [5.74, 6) is 0.256. The molecule has 16 heavy (non-hydrogen) atoms. The number of pyridine rings is 1. The Hall–Kier alpha value is -0.680. The molecule has 0 N–H and O–H groups in total. The highest BCUT2D eigenvalue weighted by molar-refractivity contribution is 9.10. The molecule has 0 radical (unpaired) electrons. The minimum atomic E-state index is -0.434. The van der Waals surface area contributed by atoms with E-state index in [0.29, 0.717) is 16.6 Å². The smallest absolute Gasteiger partial charge is 0.258 e. The molecule has 0 bridgehead atoms. The lowest BCUT2D eigenvalue weighted by molar-refractivity contribution is -0.386. The second kappa shape index (κ2) is 5.59. The van der Waals surface area contributed by atoms with Gasteiger partial charge >= 0.3 is 0 Å². The van der Waals surface area contributed by atoms with Crippen LogP contribution >= 0.6 is 27.5 Å². The SMILES string of the molecule is CC(C)C(Cl)Cc1ncc(Br)cc1[N+](=O)[O-]. The largest absolute Gasteiger partial charge is 0.291 e. The molecule has 1 rings (SSSR count). The van der Waals surface area contributed by atoms with Crippen molar-refractivity contribution in [3.63, 3.8) is 0 Å². The van der Waals surface area contributed by atoms with Crippen molar-refractivity contribution in [1.29, 1.82) is 0 Å². The Bertz CT molecular complexity index is 398. The summed E-state index contributed by atoms with van der Waals surface area (Å²) in [6.07, 6.45) is 1.95. The highest BCUT2D eigenvalue weighted by atomic mass is 79.9. The minimum absolute atomic E-state index is 0.0145. The average Bonchev–Trinajstić information content (AvgIpc) is 2.20. The monoisotopic (exact) mass is 306 g/mol. The maximum Gasteiger partial charge on any atom is 0.291 e. The van der Waals surface area contributed by atoms with Crippen LogP contribution in [0.5, 0.6) is 0 Å². The molecule has 0 aliphatic rings. The molecule has 0 amide bonds. The predicted octanol–water partition coefficient (Wildman–Crippen LogP) is 3.56. The molecule has 88 valence electrons. The maximum absolute atomic E-state index is 10.8. The Morgan fingerprint density at radius 2 is 2.25 bits per heavy atom. The molecule has 1 heterocycles. The molecule has 0 spiro atoms. The summed E-state index contributed by atoms with van der Waals surface area (Å²) >= 11 is 9.25. The maximum atomic E-state index is 10.8. The van der Waals surface area contributed by atoms with Gasteiger partial charge in [-0.05, 0) is 21.8 Å². The van der Waals surface area contributed by atoms with Crippen LogP contribution in [0.3, 0.4) is 0 Å². The first-order chi connectivity index (χ1) is 7.41. The van der Waals surface area contributed by atoms with Crippen molar-refractivity contribution in [3.05, 3.63) is 32.5 Å². The summed E-state index contributed by atoms with van der Waals surface area (Å²) in [7, 11) is 0. The first kappa shape index (κ1) is 13.4. The van der Waals surface area contributed by atoms with Crippen LogP contribution < -0.4 is 0 Å². The lowest BCUT2D eigenvalue weighted by atomic mass is 10.0. The molecule has 1 aromatic rings. The Balaban J connectivity index is 2.99. The van der Waals surface area contributed by atoms with Gasteiger partial charge in [0.1, 0.15) is 5.69 Å². The van der Waals surface area contributed by atoms with Crippen molar-refractivity contribution in [2.24, 2.45) is 5.92 Å². The van der Waals surface area contributed by atoms with Crippen LogP contribution in [0.15, 0.2) is 16.7 Å². The van der Waals surface area contributed by atoms with E-state index in [-0.39, 0.29) is 17.0 Å². The molecule has 1 atom stereocenters. The number of alkyl halides is 1. The molecule has 0 aromatic carbocycles. The first-order valence-corrected chi connectivity index (χ1v) is 6.07. The van der Waals surface area contributed by atoms with Crippen molar-refractivity contribution in [2.45, 2.75) is 25.6 Å². The Morgan fingerprint density at radius 3 is 2.75 bits per heavy atom. The van der Waals surface area contributed by atoms with Gasteiger partial charge in [-0.1, -0.05) is 13.8 Å². The molecule has 4 nitrogen and oxygen atoms in total. The van der Waals surface area contributed by atoms with E-state index in [1.165, 1.54) is 6.07 Å². The molecule has 1 unspecified atom stereocenters. The van der Waals surface area contributed by atoms with Crippen molar-refractivity contribution >= 4 is 33.2 Å². The first-order valence-electron chi connectivity index (χ1n) is 4.84. The fraction of sp³-hybridized carbons (Fsp3) is 0.500.